The topological polar surface area (TPSA) is 65.0 Å². The summed E-state index contributed by atoms with van der Waals surface area (Å²) in [6.45, 7) is 0.477. The first-order valence-corrected chi connectivity index (χ1v) is 8.62. The molecule has 26 heavy (non-hydrogen) atoms. The molecule has 5 heteroatoms. The normalized spacial score (nSPS) is 10.7. The molecule has 2 rings (SSSR count). The number of esters is 1. The van der Waals surface area contributed by atoms with Crippen LogP contribution in [0.1, 0.15) is 31.2 Å². The van der Waals surface area contributed by atoms with Crippen LogP contribution in [-0.4, -0.2) is 31.7 Å². The zero-order valence-electron chi connectivity index (χ0n) is 14.9. The Morgan fingerprint density at radius 3 is 2.31 bits per heavy atom. The van der Waals surface area contributed by atoms with Crippen molar-refractivity contribution in [3.05, 3.63) is 60.2 Å². The Bertz CT molecular complexity index is 723. The molecule has 0 aromatic heterocycles. The fraction of sp³-hybridized carbons (Fsp3) is 0.286. The molecule has 5 nitrogen and oxygen atoms in total. The highest BCUT2D eigenvalue weighted by molar-refractivity contribution is 6.33. The quantitative estimate of drug-likeness (QED) is 0.213. The molecule has 0 aliphatic heterocycles. The van der Waals surface area contributed by atoms with E-state index >= 15 is 0 Å². The van der Waals surface area contributed by atoms with Crippen molar-refractivity contribution in [2.45, 2.75) is 25.7 Å². The molecular weight excluding hydrogens is 330 g/mol. The minimum absolute atomic E-state index is 0.212. The molecular formula is C21H23NO4. The van der Waals surface area contributed by atoms with Gasteiger partial charge in [-0.3, -0.25) is 4.79 Å². The van der Waals surface area contributed by atoms with Crippen molar-refractivity contribution in [3.8, 4) is 11.1 Å². The van der Waals surface area contributed by atoms with E-state index in [0.717, 1.165) is 24.0 Å². The summed E-state index contributed by atoms with van der Waals surface area (Å²) in [5.74, 6) is -1.26. The predicted molar refractivity (Wildman–Crippen MR) is 101 cm³/mol. The maximum absolute atomic E-state index is 11.3. The number of unbranched alkanes of at least 4 members (excludes halogenated alkanes) is 2. The lowest BCUT2D eigenvalue weighted by Gasteiger charge is -2.02. The van der Waals surface area contributed by atoms with E-state index in [1.54, 1.807) is 6.21 Å². The molecule has 0 atom stereocenters. The van der Waals surface area contributed by atoms with Gasteiger partial charge < -0.3 is 9.57 Å². The molecule has 0 heterocycles. The second-order valence-electron chi connectivity index (χ2n) is 5.78. The third-order valence-corrected chi connectivity index (χ3v) is 3.85. The van der Waals surface area contributed by atoms with E-state index in [1.165, 1.54) is 12.7 Å². The SMILES string of the molecule is COC(=O)C(=O)CCCCCON=Cc1ccc(-c2ccccc2)cc1. The van der Waals surface area contributed by atoms with Gasteiger partial charge >= 0.3 is 5.97 Å². The fourth-order valence-electron chi connectivity index (χ4n) is 2.39. The number of nitrogens with zero attached hydrogens (tertiary/aromatic N) is 1. The first-order chi connectivity index (χ1) is 12.7. The van der Waals surface area contributed by atoms with Gasteiger partial charge in [-0.2, -0.15) is 0 Å². The summed E-state index contributed by atoms with van der Waals surface area (Å²) in [5.41, 5.74) is 3.30. The molecule has 2 aromatic rings. The Morgan fingerprint density at radius 1 is 0.923 bits per heavy atom. The van der Waals surface area contributed by atoms with Crippen LogP contribution < -0.4 is 0 Å². The van der Waals surface area contributed by atoms with Gasteiger partial charge in [0.15, 0.2) is 0 Å². The van der Waals surface area contributed by atoms with Gasteiger partial charge in [-0.15, -0.1) is 0 Å². The van der Waals surface area contributed by atoms with Crippen molar-refractivity contribution >= 4 is 18.0 Å². The lowest BCUT2D eigenvalue weighted by molar-refractivity contribution is -0.151. The van der Waals surface area contributed by atoms with Crippen molar-refractivity contribution in [1.29, 1.82) is 0 Å². The van der Waals surface area contributed by atoms with Gasteiger partial charge in [-0.1, -0.05) is 59.8 Å². The molecule has 0 amide bonds. The van der Waals surface area contributed by atoms with E-state index in [4.69, 9.17) is 4.84 Å². The van der Waals surface area contributed by atoms with Gasteiger partial charge in [0, 0.05) is 6.42 Å². The number of Topliss-reactive ketones (excluding diaryl/α,β-unsaturated/α-hetero) is 1. The molecule has 0 saturated carbocycles. The minimum atomic E-state index is -0.774. The maximum Gasteiger partial charge on any atom is 0.374 e. The van der Waals surface area contributed by atoms with E-state index in [0.29, 0.717) is 13.0 Å². The van der Waals surface area contributed by atoms with Gasteiger partial charge in [-0.05, 0) is 36.0 Å². The molecule has 0 saturated heterocycles. The van der Waals surface area contributed by atoms with Gasteiger partial charge in [0.05, 0.1) is 13.3 Å². The van der Waals surface area contributed by atoms with Crippen LogP contribution in [0.2, 0.25) is 0 Å². The molecule has 0 bridgehead atoms. The summed E-state index contributed by atoms with van der Waals surface area (Å²) >= 11 is 0. The van der Waals surface area contributed by atoms with Gasteiger partial charge in [-0.25, -0.2) is 4.79 Å². The zero-order chi connectivity index (χ0) is 18.6. The molecule has 136 valence electrons. The number of carbonyl (C=O) groups is 2. The molecule has 0 aliphatic rings. The van der Waals surface area contributed by atoms with E-state index in [9.17, 15) is 9.59 Å². The molecule has 0 fully saturated rings. The molecule has 0 N–H and O–H groups in total. The second-order valence-corrected chi connectivity index (χ2v) is 5.78. The summed E-state index contributed by atoms with van der Waals surface area (Å²) in [6.07, 6.45) is 4.10. The summed E-state index contributed by atoms with van der Waals surface area (Å²) in [4.78, 5) is 27.4. The average Bonchev–Trinajstić information content (AvgIpc) is 2.70. The van der Waals surface area contributed by atoms with E-state index < -0.39 is 11.8 Å². The highest BCUT2D eigenvalue weighted by atomic mass is 16.6. The third-order valence-electron chi connectivity index (χ3n) is 3.85. The van der Waals surface area contributed by atoms with E-state index in [1.807, 2.05) is 30.3 Å². The number of oxime groups is 1. The predicted octanol–water partition coefficient (Wildman–Crippen LogP) is 4.01. The molecule has 2 aromatic carbocycles. The lowest BCUT2D eigenvalue weighted by atomic mass is 10.0. The number of hydrogen-bond acceptors (Lipinski definition) is 5. The average molecular weight is 353 g/mol. The Hall–Kier alpha value is -2.95. The number of rotatable bonds is 10. The van der Waals surface area contributed by atoms with Gasteiger partial charge in [0.2, 0.25) is 5.78 Å². The molecule has 0 aliphatic carbocycles. The largest absolute Gasteiger partial charge is 0.463 e. The van der Waals surface area contributed by atoms with Crippen LogP contribution in [0.5, 0.6) is 0 Å². The smallest absolute Gasteiger partial charge is 0.374 e. The van der Waals surface area contributed by atoms with Crippen LogP contribution in [0.3, 0.4) is 0 Å². The van der Waals surface area contributed by atoms with Crippen molar-refractivity contribution in [2.24, 2.45) is 5.16 Å². The fourth-order valence-corrected chi connectivity index (χ4v) is 2.39. The Kier molecular flexibility index (Phi) is 8.06. The summed E-state index contributed by atoms with van der Waals surface area (Å²) < 4.78 is 4.36. The Morgan fingerprint density at radius 2 is 1.62 bits per heavy atom. The third kappa shape index (κ3) is 6.51. The Balaban J connectivity index is 1.63. The standard InChI is InChI=1S/C21H23NO4/c1-25-21(24)20(23)10-6-3-7-15-26-22-16-17-11-13-19(14-12-17)18-8-4-2-5-9-18/h2,4-5,8-9,11-14,16H,3,6-7,10,15H2,1H3. The lowest BCUT2D eigenvalue weighted by Crippen LogP contribution is -2.14. The van der Waals surface area contributed by atoms with Crippen LogP contribution in [0, 0.1) is 0 Å². The molecule has 0 radical (unpaired) electrons. The van der Waals surface area contributed by atoms with E-state index in [2.05, 4.69) is 34.2 Å². The van der Waals surface area contributed by atoms with Crippen LogP contribution in [-0.2, 0) is 19.2 Å². The monoisotopic (exact) mass is 353 g/mol. The number of methoxy groups -OCH3 is 1. The van der Waals surface area contributed by atoms with Crippen LogP contribution in [0.4, 0.5) is 0 Å². The number of ether oxygens (including phenoxy) is 1. The summed E-state index contributed by atoms with van der Waals surface area (Å²) in [7, 11) is 1.21. The zero-order valence-corrected chi connectivity index (χ0v) is 14.9. The maximum atomic E-state index is 11.3. The highest BCUT2D eigenvalue weighted by Gasteiger charge is 2.12. The van der Waals surface area contributed by atoms with Gasteiger partial charge in [0.1, 0.15) is 6.61 Å². The first-order valence-electron chi connectivity index (χ1n) is 8.62. The van der Waals surface area contributed by atoms with Crippen molar-refractivity contribution < 1.29 is 19.2 Å². The highest BCUT2D eigenvalue weighted by Crippen LogP contribution is 2.18. The number of carbonyl (C=O) groups excluding carboxylic acids is 2. The molecule has 0 unspecified atom stereocenters. The number of benzene rings is 2. The molecule has 0 spiro atoms. The number of ketones is 1. The second kappa shape index (κ2) is 10.8. The van der Waals surface area contributed by atoms with Crippen LogP contribution in [0.25, 0.3) is 11.1 Å². The summed E-state index contributed by atoms with van der Waals surface area (Å²) in [5, 5.41) is 3.95. The Labute approximate surface area is 153 Å². The number of hydrogen-bond donors (Lipinski definition) is 0. The van der Waals surface area contributed by atoms with Crippen molar-refractivity contribution in [3.63, 3.8) is 0 Å². The van der Waals surface area contributed by atoms with Gasteiger partial charge in [0.25, 0.3) is 0 Å². The minimum Gasteiger partial charge on any atom is -0.463 e. The van der Waals surface area contributed by atoms with Crippen molar-refractivity contribution in [1.82, 2.24) is 0 Å². The summed E-state index contributed by atoms with van der Waals surface area (Å²) in [6, 6.07) is 18.3. The first kappa shape index (κ1) is 19.4. The van der Waals surface area contributed by atoms with Crippen molar-refractivity contribution in [2.75, 3.05) is 13.7 Å². The van der Waals surface area contributed by atoms with E-state index in [-0.39, 0.29) is 6.42 Å². The van der Waals surface area contributed by atoms with Crippen LogP contribution in [0.15, 0.2) is 59.8 Å². The van der Waals surface area contributed by atoms with Crippen LogP contribution >= 0.6 is 0 Å².